The number of aliphatic carboxylic acids is 2. The molecule has 13 heteroatoms. The molecule has 1 aliphatic carbocycles. The molecule has 4 heterocycles. The molecule has 1 amide bonds. The fraction of sp³-hybridized carbons (Fsp3) is 0.543. The highest BCUT2D eigenvalue weighted by molar-refractivity contribution is 7.09. The lowest BCUT2D eigenvalue weighted by molar-refractivity contribution is -0.133. The molecular formula is C35H43Cl2N5O5S. The number of aromatic nitrogens is 1. The molecule has 1 saturated carbocycles. The number of rotatable bonds is 12. The number of carboxylic acid groups (broad SMARTS) is 2. The first-order chi connectivity index (χ1) is 23.1. The molecule has 3 N–H and O–H groups in total. The number of nitrogens with one attached hydrogen (secondary N) is 1. The summed E-state index contributed by atoms with van der Waals surface area (Å²) in [5.41, 5.74) is 0.595. The van der Waals surface area contributed by atoms with Gasteiger partial charge in [-0.25, -0.2) is 14.6 Å². The second-order valence-corrected chi connectivity index (χ2v) is 15.3. The molecule has 2 aromatic rings. The smallest absolute Gasteiger partial charge is 0.334 e. The summed E-state index contributed by atoms with van der Waals surface area (Å²) in [7, 11) is 0. The number of halogens is 2. The van der Waals surface area contributed by atoms with Gasteiger partial charge < -0.3 is 25.3 Å². The van der Waals surface area contributed by atoms with Crippen LogP contribution in [-0.2, 0) is 20.8 Å². The Bertz CT molecular complexity index is 1560. The minimum atomic E-state index is -1.34. The molecule has 1 atom stereocenters. The summed E-state index contributed by atoms with van der Waals surface area (Å²) in [5.74, 6) is -4.12. The van der Waals surface area contributed by atoms with Gasteiger partial charge in [-0.2, -0.15) is 0 Å². The maximum atomic E-state index is 13.9. The van der Waals surface area contributed by atoms with Crippen molar-refractivity contribution in [3.8, 4) is 0 Å². The zero-order valence-electron chi connectivity index (χ0n) is 27.1. The van der Waals surface area contributed by atoms with E-state index >= 15 is 0 Å². The normalized spacial score (nSPS) is 22.0. The van der Waals surface area contributed by atoms with Crippen LogP contribution in [0.5, 0.6) is 0 Å². The summed E-state index contributed by atoms with van der Waals surface area (Å²) in [6.07, 6.45) is 9.81. The van der Waals surface area contributed by atoms with Gasteiger partial charge >= 0.3 is 11.9 Å². The van der Waals surface area contributed by atoms with Gasteiger partial charge in [0.1, 0.15) is 0 Å². The lowest BCUT2D eigenvalue weighted by atomic mass is 9.79. The Morgan fingerprint density at radius 1 is 0.854 bits per heavy atom. The van der Waals surface area contributed by atoms with Gasteiger partial charge in [0.15, 0.2) is 0 Å². The summed E-state index contributed by atoms with van der Waals surface area (Å²) < 4.78 is 0. The van der Waals surface area contributed by atoms with Crippen molar-refractivity contribution >= 4 is 52.4 Å². The van der Waals surface area contributed by atoms with Crippen molar-refractivity contribution < 1.29 is 24.6 Å². The molecule has 0 radical (unpaired) electrons. The van der Waals surface area contributed by atoms with Crippen LogP contribution < -0.4 is 5.32 Å². The molecule has 10 nitrogen and oxygen atoms in total. The molecule has 48 heavy (non-hydrogen) atoms. The van der Waals surface area contributed by atoms with Gasteiger partial charge in [-0.05, 0) is 62.7 Å². The standard InChI is InChI=1S/C35H43Cl2N5O5S/c36-23-6-5-7-24(37)29(23)32-30(33(44)45)25(8-9-27-38-12-19-48-27)39-26(31(32)34(46)47)20-28(43)42-17-15-41(16-18-42)22-35(10-1-2-11-35)21-40-13-3-4-14-40/h5-7,12,19,32,39H,1-4,8-11,13-18,20-22H2,(H,44,45)(H,46,47). The van der Waals surface area contributed by atoms with Crippen molar-refractivity contribution in [2.75, 3.05) is 52.4 Å². The Kier molecular flexibility index (Phi) is 11.1. The van der Waals surface area contributed by atoms with Gasteiger partial charge in [0.2, 0.25) is 5.91 Å². The van der Waals surface area contributed by atoms with Gasteiger partial charge in [0.25, 0.3) is 0 Å². The van der Waals surface area contributed by atoms with Gasteiger partial charge in [-0.15, -0.1) is 11.3 Å². The zero-order chi connectivity index (χ0) is 33.8. The molecule has 258 valence electrons. The molecule has 1 unspecified atom stereocenters. The molecule has 1 aromatic carbocycles. The number of carbonyl (C=O) groups excluding carboxylic acids is 1. The first-order valence-electron chi connectivity index (χ1n) is 16.9. The zero-order valence-corrected chi connectivity index (χ0v) is 29.4. The number of nitrogens with zero attached hydrogens (tertiary/aromatic N) is 4. The van der Waals surface area contributed by atoms with E-state index in [1.165, 1.54) is 63.0 Å². The number of carboxylic acids is 2. The molecule has 6 rings (SSSR count). The lowest BCUT2D eigenvalue weighted by Crippen LogP contribution is -2.53. The second-order valence-electron chi connectivity index (χ2n) is 13.5. The quantitative estimate of drug-likeness (QED) is 0.256. The Balaban J connectivity index is 1.22. The highest BCUT2D eigenvalue weighted by Crippen LogP contribution is 2.45. The first kappa shape index (κ1) is 34.9. The largest absolute Gasteiger partial charge is 0.478 e. The summed E-state index contributed by atoms with van der Waals surface area (Å²) in [4.78, 5) is 50.9. The van der Waals surface area contributed by atoms with Crippen molar-refractivity contribution in [2.45, 2.75) is 63.7 Å². The molecule has 3 fully saturated rings. The molecular weight excluding hydrogens is 673 g/mol. The van der Waals surface area contributed by atoms with Crippen molar-refractivity contribution in [3.05, 3.63) is 72.9 Å². The Morgan fingerprint density at radius 3 is 2.04 bits per heavy atom. The number of piperazine rings is 1. The van der Waals surface area contributed by atoms with E-state index in [4.69, 9.17) is 23.2 Å². The molecule has 0 bridgehead atoms. The van der Waals surface area contributed by atoms with E-state index in [1.807, 2.05) is 5.38 Å². The topological polar surface area (TPSA) is 126 Å². The van der Waals surface area contributed by atoms with E-state index in [0.29, 0.717) is 30.6 Å². The lowest BCUT2D eigenvalue weighted by Gasteiger charge is -2.42. The van der Waals surface area contributed by atoms with Crippen LogP contribution in [0.2, 0.25) is 10.0 Å². The van der Waals surface area contributed by atoms with Gasteiger partial charge in [0, 0.05) is 84.3 Å². The second kappa shape index (κ2) is 15.3. The number of likely N-dealkylation sites (tertiary alicyclic amines) is 1. The number of hydrogen-bond donors (Lipinski definition) is 3. The maximum absolute atomic E-state index is 13.9. The minimum Gasteiger partial charge on any atom is -0.478 e. The highest BCUT2D eigenvalue weighted by Gasteiger charge is 2.42. The number of allylic oxidation sites excluding steroid dienone is 1. The van der Waals surface area contributed by atoms with Gasteiger partial charge in [0.05, 0.1) is 28.5 Å². The highest BCUT2D eigenvalue weighted by atomic mass is 35.5. The number of benzene rings is 1. The number of dihydropyridines is 1. The Labute approximate surface area is 295 Å². The van der Waals surface area contributed by atoms with Crippen LogP contribution in [0.1, 0.15) is 67.9 Å². The van der Waals surface area contributed by atoms with Crippen molar-refractivity contribution in [2.24, 2.45) is 5.41 Å². The average Bonchev–Trinajstić information content (AvgIpc) is 3.85. The fourth-order valence-electron chi connectivity index (χ4n) is 8.13. The Hall–Kier alpha value is -2.96. The van der Waals surface area contributed by atoms with E-state index in [-0.39, 0.29) is 51.2 Å². The minimum absolute atomic E-state index is 0.151. The van der Waals surface area contributed by atoms with Crippen molar-refractivity contribution in [1.82, 2.24) is 25.0 Å². The van der Waals surface area contributed by atoms with Gasteiger partial charge in [-0.1, -0.05) is 42.1 Å². The third-order valence-electron chi connectivity index (χ3n) is 10.4. The number of thiazole rings is 1. The molecule has 0 spiro atoms. The summed E-state index contributed by atoms with van der Waals surface area (Å²) in [5, 5.41) is 27.1. The van der Waals surface area contributed by atoms with Gasteiger partial charge in [-0.3, -0.25) is 9.69 Å². The van der Waals surface area contributed by atoms with Crippen LogP contribution in [0.3, 0.4) is 0 Å². The average molecular weight is 717 g/mol. The SMILES string of the molecule is O=C(O)C1=C(CCc2nccs2)NC(CC(=O)N2CCN(CC3(CN4CCCC4)CCCC3)CC2)=C(C(=O)O)C1c1c(Cl)cccc1Cl. The number of carbonyl (C=O) groups is 3. The van der Waals surface area contributed by atoms with E-state index < -0.39 is 17.9 Å². The summed E-state index contributed by atoms with van der Waals surface area (Å²) in [6.45, 7) is 7.27. The van der Waals surface area contributed by atoms with Crippen LogP contribution in [0.15, 0.2) is 52.3 Å². The monoisotopic (exact) mass is 715 g/mol. The van der Waals surface area contributed by atoms with E-state index in [0.717, 1.165) is 31.2 Å². The van der Waals surface area contributed by atoms with Crippen molar-refractivity contribution in [1.29, 1.82) is 0 Å². The van der Waals surface area contributed by atoms with E-state index in [1.54, 1.807) is 29.3 Å². The van der Waals surface area contributed by atoms with Crippen LogP contribution in [0.4, 0.5) is 0 Å². The molecule has 3 aliphatic heterocycles. The number of hydrogen-bond acceptors (Lipinski definition) is 8. The van der Waals surface area contributed by atoms with Crippen LogP contribution in [-0.4, -0.2) is 100 Å². The number of amides is 1. The van der Waals surface area contributed by atoms with E-state index in [2.05, 4.69) is 20.1 Å². The van der Waals surface area contributed by atoms with Crippen LogP contribution >= 0.6 is 34.5 Å². The van der Waals surface area contributed by atoms with Crippen LogP contribution in [0.25, 0.3) is 0 Å². The van der Waals surface area contributed by atoms with E-state index in [9.17, 15) is 24.6 Å². The molecule has 4 aliphatic rings. The summed E-state index contributed by atoms with van der Waals surface area (Å²) in [6, 6.07) is 4.74. The Morgan fingerprint density at radius 2 is 1.46 bits per heavy atom. The fourth-order valence-corrected chi connectivity index (χ4v) is 9.37. The predicted molar refractivity (Wildman–Crippen MR) is 186 cm³/mol. The summed E-state index contributed by atoms with van der Waals surface area (Å²) >= 11 is 14.6. The third-order valence-corrected chi connectivity index (χ3v) is 11.9. The van der Waals surface area contributed by atoms with Crippen molar-refractivity contribution in [3.63, 3.8) is 0 Å². The number of aryl methyl sites for hydroxylation is 1. The molecule has 2 saturated heterocycles. The maximum Gasteiger partial charge on any atom is 0.334 e. The van der Waals surface area contributed by atoms with Crippen LogP contribution in [0, 0.1) is 5.41 Å². The predicted octanol–water partition coefficient (Wildman–Crippen LogP) is 5.64. The molecule has 1 aromatic heterocycles. The third kappa shape index (κ3) is 7.75. The first-order valence-corrected chi connectivity index (χ1v) is 18.5.